The molecule has 4 nitrogen and oxygen atoms in total. The largest absolute Gasteiger partial charge is 0.329 e. The summed E-state index contributed by atoms with van der Waals surface area (Å²) in [5.41, 5.74) is 1.19. The summed E-state index contributed by atoms with van der Waals surface area (Å²) in [6.45, 7) is 2.14. The van der Waals surface area contributed by atoms with Crippen LogP contribution in [0.2, 0.25) is 0 Å². The Hall–Kier alpha value is -1.66. The van der Waals surface area contributed by atoms with Crippen LogP contribution in [0, 0.1) is 0 Å². The van der Waals surface area contributed by atoms with Crippen molar-refractivity contribution in [3.05, 3.63) is 55.0 Å². The van der Waals surface area contributed by atoms with E-state index in [1.54, 1.807) is 6.92 Å². The number of hydrogen-bond acceptors (Lipinski definition) is 3. The first kappa shape index (κ1) is 13.3. The van der Waals surface area contributed by atoms with E-state index in [0.717, 1.165) is 14.9 Å². The normalized spacial score (nSPS) is 11.1. The lowest BCUT2D eigenvalue weighted by Crippen LogP contribution is -2.34. The Balaban J connectivity index is 2.48. The molecular formula is C14H11BrN2O2S. The maximum absolute atomic E-state index is 12.5. The van der Waals surface area contributed by atoms with E-state index >= 15 is 0 Å². The van der Waals surface area contributed by atoms with Gasteiger partial charge in [0.1, 0.15) is 4.83 Å². The summed E-state index contributed by atoms with van der Waals surface area (Å²) in [6.07, 6.45) is 0. The van der Waals surface area contributed by atoms with Gasteiger partial charge in [-0.25, -0.2) is 4.79 Å². The highest BCUT2D eigenvalue weighted by Crippen LogP contribution is 2.39. The first-order chi connectivity index (χ1) is 9.63. The van der Waals surface area contributed by atoms with Crippen LogP contribution in [0.5, 0.6) is 0 Å². The average molecular weight is 351 g/mol. The molecule has 0 amide bonds. The van der Waals surface area contributed by atoms with Gasteiger partial charge in [-0.2, -0.15) is 0 Å². The molecule has 0 fully saturated rings. The Morgan fingerprint density at radius 2 is 1.95 bits per heavy atom. The molecule has 0 bridgehead atoms. The summed E-state index contributed by atoms with van der Waals surface area (Å²) >= 11 is 4.87. The fourth-order valence-corrected chi connectivity index (χ4v) is 4.08. The lowest BCUT2D eigenvalue weighted by molar-refractivity contribution is 0.685. The quantitative estimate of drug-likeness (QED) is 0.771. The maximum atomic E-state index is 12.5. The predicted molar refractivity (Wildman–Crippen MR) is 85.5 cm³/mol. The van der Waals surface area contributed by atoms with Gasteiger partial charge < -0.3 is 0 Å². The molecule has 1 aromatic carbocycles. The van der Waals surface area contributed by atoms with Gasteiger partial charge in [0.15, 0.2) is 0 Å². The van der Waals surface area contributed by atoms with Crippen molar-refractivity contribution in [2.45, 2.75) is 13.5 Å². The molecule has 2 aromatic heterocycles. The summed E-state index contributed by atoms with van der Waals surface area (Å²) in [5, 5.41) is 0.564. The van der Waals surface area contributed by atoms with Gasteiger partial charge in [0, 0.05) is 12.1 Å². The highest BCUT2D eigenvalue weighted by molar-refractivity contribution is 9.11. The van der Waals surface area contributed by atoms with Crippen LogP contribution in [0.4, 0.5) is 0 Å². The van der Waals surface area contributed by atoms with Crippen LogP contribution in [-0.4, -0.2) is 9.55 Å². The van der Waals surface area contributed by atoms with Crippen molar-refractivity contribution >= 4 is 37.5 Å². The number of aromatic nitrogens is 2. The number of aromatic amines is 1. The molecule has 3 rings (SSSR count). The molecule has 0 radical (unpaired) electrons. The number of nitrogens with one attached hydrogen (secondary N) is 1. The lowest BCUT2D eigenvalue weighted by atomic mass is 10.1. The molecule has 0 unspecified atom stereocenters. The molecule has 0 aliphatic heterocycles. The van der Waals surface area contributed by atoms with Crippen molar-refractivity contribution in [2.24, 2.45) is 0 Å². The maximum Gasteiger partial charge on any atom is 0.329 e. The Kier molecular flexibility index (Phi) is 3.35. The fraction of sp³-hybridized carbons (Fsp3) is 0.143. The van der Waals surface area contributed by atoms with Crippen LogP contribution >= 0.6 is 27.3 Å². The number of benzene rings is 1. The highest BCUT2D eigenvalue weighted by atomic mass is 79.9. The van der Waals surface area contributed by atoms with Crippen molar-refractivity contribution in [3.8, 4) is 11.1 Å². The minimum absolute atomic E-state index is 0.243. The smallest absolute Gasteiger partial charge is 0.298 e. The summed E-state index contributed by atoms with van der Waals surface area (Å²) in [6, 6.07) is 9.68. The Morgan fingerprint density at radius 3 is 2.60 bits per heavy atom. The third kappa shape index (κ3) is 1.96. The van der Waals surface area contributed by atoms with Crippen molar-refractivity contribution in [1.29, 1.82) is 0 Å². The molecule has 0 aliphatic carbocycles. The SMILES string of the molecule is CCn1c(=O)[nH]c2sc(Br)c(-c3ccccc3)c2c1=O. The molecular weight excluding hydrogens is 340 g/mol. The molecule has 1 N–H and O–H groups in total. The van der Waals surface area contributed by atoms with Gasteiger partial charge in [-0.05, 0) is 28.4 Å². The monoisotopic (exact) mass is 350 g/mol. The summed E-state index contributed by atoms with van der Waals surface area (Å²) in [5.74, 6) is 0. The number of thiophene rings is 1. The molecule has 3 aromatic rings. The molecule has 2 heterocycles. The third-order valence-electron chi connectivity index (χ3n) is 3.17. The first-order valence-electron chi connectivity index (χ1n) is 6.14. The topological polar surface area (TPSA) is 54.9 Å². The second-order valence-corrected chi connectivity index (χ2v) is 6.64. The van der Waals surface area contributed by atoms with Crippen LogP contribution in [0.15, 0.2) is 43.7 Å². The number of nitrogens with zero attached hydrogens (tertiary/aromatic N) is 1. The van der Waals surface area contributed by atoms with Gasteiger partial charge in [-0.1, -0.05) is 30.3 Å². The summed E-state index contributed by atoms with van der Waals surface area (Å²) in [7, 11) is 0. The molecule has 0 saturated heterocycles. The fourth-order valence-electron chi connectivity index (χ4n) is 2.24. The molecule has 20 heavy (non-hydrogen) atoms. The second kappa shape index (κ2) is 5.03. The van der Waals surface area contributed by atoms with Gasteiger partial charge in [-0.3, -0.25) is 14.3 Å². The van der Waals surface area contributed by atoms with E-state index in [-0.39, 0.29) is 11.2 Å². The van der Waals surface area contributed by atoms with Crippen LogP contribution in [0.25, 0.3) is 21.3 Å². The van der Waals surface area contributed by atoms with Crippen molar-refractivity contribution < 1.29 is 0 Å². The molecule has 102 valence electrons. The predicted octanol–water partition coefficient (Wildman–Crippen LogP) is 3.20. The van der Waals surface area contributed by atoms with Crippen LogP contribution < -0.4 is 11.2 Å². The van der Waals surface area contributed by atoms with Gasteiger partial charge in [-0.15, -0.1) is 11.3 Å². The van der Waals surface area contributed by atoms with Crippen LogP contribution in [0.3, 0.4) is 0 Å². The van der Waals surface area contributed by atoms with Crippen LogP contribution in [0.1, 0.15) is 6.92 Å². The highest BCUT2D eigenvalue weighted by Gasteiger charge is 2.18. The first-order valence-corrected chi connectivity index (χ1v) is 7.75. The summed E-state index contributed by atoms with van der Waals surface area (Å²) in [4.78, 5) is 27.7. The van der Waals surface area contributed by atoms with Gasteiger partial charge in [0.25, 0.3) is 5.56 Å². The van der Waals surface area contributed by atoms with E-state index in [2.05, 4.69) is 20.9 Å². The molecule has 6 heteroatoms. The molecule has 0 atom stereocenters. The standard InChI is InChI=1S/C14H11BrN2O2S/c1-2-17-13(18)10-9(8-6-4-3-5-7-8)11(15)20-12(10)16-14(17)19/h3-7H,2H2,1H3,(H,16,19). The number of rotatable bonds is 2. The summed E-state index contributed by atoms with van der Waals surface area (Å²) < 4.78 is 2.06. The van der Waals surface area contributed by atoms with E-state index in [1.165, 1.54) is 15.9 Å². The molecule has 0 saturated carbocycles. The van der Waals surface area contributed by atoms with E-state index in [1.807, 2.05) is 30.3 Å². The number of H-pyrrole nitrogens is 1. The number of halogens is 1. The van der Waals surface area contributed by atoms with Crippen molar-refractivity contribution in [1.82, 2.24) is 9.55 Å². The van der Waals surface area contributed by atoms with Crippen LogP contribution in [-0.2, 0) is 6.54 Å². The number of fused-ring (bicyclic) bond motifs is 1. The molecule has 0 spiro atoms. The lowest BCUT2D eigenvalue weighted by Gasteiger charge is -2.03. The Labute approximate surface area is 126 Å². The van der Waals surface area contributed by atoms with E-state index < -0.39 is 0 Å². The van der Waals surface area contributed by atoms with E-state index in [9.17, 15) is 9.59 Å². The van der Waals surface area contributed by atoms with Gasteiger partial charge in [0.2, 0.25) is 0 Å². The molecule has 0 aliphatic rings. The second-order valence-electron chi connectivity index (χ2n) is 4.30. The minimum Gasteiger partial charge on any atom is -0.298 e. The Bertz CT molecular complexity index is 893. The zero-order chi connectivity index (χ0) is 14.3. The van der Waals surface area contributed by atoms with Crippen molar-refractivity contribution in [3.63, 3.8) is 0 Å². The average Bonchev–Trinajstić information content (AvgIpc) is 2.76. The van der Waals surface area contributed by atoms with E-state index in [0.29, 0.717) is 16.8 Å². The number of hydrogen-bond donors (Lipinski definition) is 1. The van der Waals surface area contributed by atoms with Crippen molar-refractivity contribution in [2.75, 3.05) is 0 Å². The minimum atomic E-state index is -0.363. The third-order valence-corrected chi connectivity index (χ3v) is 4.94. The van der Waals surface area contributed by atoms with Gasteiger partial charge in [0.05, 0.1) is 9.17 Å². The van der Waals surface area contributed by atoms with E-state index in [4.69, 9.17) is 0 Å². The Morgan fingerprint density at radius 1 is 1.25 bits per heavy atom. The zero-order valence-corrected chi connectivity index (χ0v) is 13.0. The van der Waals surface area contributed by atoms with Gasteiger partial charge >= 0.3 is 5.69 Å². The zero-order valence-electron chi connectivity index (χ0n) is 10.6.